The summed E-state index contributed by atoms with van der Waals surface area (Å²) in [5.41, 5.74) is 6.96. The van der Waals surface area contributed by atoms with Crippen LogP contribution in [0.5, 0.6) is 5.75 Å². The maximum atomic E-state index is 13.2. The molecule has 204 valence electrons. The van der Waals surface area contributed by atoms with Gasteiger partial charge in [0.05, 0.1) is 18.0 Å². The molecule has 2 aromatic carbocycles. The van der Waals surface area contributed by atoms with E-state index in [4.69, 9.17) is 9.72 Å². The summed E-state index contributed by atoms with van der Waals surface area (Å²) in [6.45, 7) is 12.2. The summed E-state index contributed by atoms with van der Waals surface area (Å²) in [6.07, 6.45) is 1.81. The first-order valence-electron chi connectivity index (χ1n) is 13.8. The molecule has 0 unspecified atom stereocenters. The van der Waals surface area contributed by atoms with Gasteiger partial charge in [-0.3, -0.25) is 9.89 Å². The molecule has 5 rings (SSSR count). The molecule has 1 aliphatic rings. The molecular weight excluding hydrogens is 488 g/mol. The third kappa shape index (κ3) is 6.46. The van der Waals surface area contributed by atoms with Gasteiger partial charge in [0.15, 0.2) is 5.65 Å². The Bertz CT molecular complexity index is 1450. The maximum Gasteiger partial charge on any atom is 0.255 e. The molecule has 1 fully saturated rings. The summed E-state index contributed by atoms with van der Waals surface area (Å²) in [7, 11) is 2.17. The molecule has 0 spiro atoms. The van der Waals surface area contributed by atoms with Crippen molar-refractivity contribution in [2.24, 2.45) is 0 Å². The van der Waals surface area contributed by atoms with Gasteiger partial charge >= 0.3 is 0 Å². The van der Waals surface area contributed by atoms with E-state index >= 15 is 0 Å². The number of amides is 1. The Morgan fingerprint density at radius 2 is 1.87 bits per heavy atom. The molecule has 0 aliphatic carbocycles. The zero-order valence-corrected chi connectivity index (χ0v) is 23.4. The number of piperazine rings is 1. The summed E-state index contributed by atoms with van der Waals surface area (Å²) in [4.78, 5) is 22.9. The Labute approximate surface area is 230 Å². The number of hydrogen-bond donors (Lipinski definition) is 2. The molecule has 39 heavy (non-hydrogen) atoms. The molecular formula is C31H38N6O2. The largest absolute Gasteiger partial charge is 0.494 e. The van der Waals surface area contributed by atoms with Gasteiger partial charge in [-0.25, -0.2) is 4.98 Å². The lowest BCUT2D eigenvalue weighted by atomic mass is 10.0. The highest BCUT2D eigenvalue weighted by molar-refractivity contribution is 6.05. The Hall–Kier alpha value is -3.75. The van der Waals surface area contributed by atoms with Gasteiger partial charge in [0, 0.05) is 54.9 Å². The number of carbonyl (C=O) groups excluding carboxylic acids is 1. The zero-order valence-electron chi connectivity index (χ0n) is 23.4. The van der Waals surface area contributed by atoms with E-state index in [9.17, 15) is 4.79 Å². The molecule has 2 N–H and O–H groups in total. The number of likely N-dealkylation sites (N-methyl/N-ethyl adjacent to an activating group) is 1. The lowest BCUT2D eigenvalue weighted by Crippen LogP contribution is -2.44. The number of hydrogen-bond acceptors (Lipinski definition) is 6. The zero-order chi connectivity index (χ0) is 27.4. The average Bonchev–Trinajstić information content (AvgIpc) is 3.35. The van der Waals surface area contributed by atoms with Crippen molar-refractivity contribution in [1.29, 1.82) is 0 Å². The van der Waals surface area contributed by atoms with Crippen LogP contribution in [0.1, 0.15) is 40.5 Å². The first-order valence-corrected chi connectivity index (χ1v) is 13.8. The number of aryl methyl sites for hydroxylation is 3. The van der Waals surface area contributed by atoms with Gasteiger partial charge in [-0.1, -0.05) is 13.0 Å². The van der Waals surface area contributed by atoms with E-state index in [-0.39, 0.29) is 5.91 Å². The van der Waals surface area contributed by atoms with E-state index in [0.29, 0.717) is 12.2 Å². The topological polar surface area (TPSA) is 86.4 Å². The lowest BCUT2D eigenvalue weighted by molar-refractivity contribution is 0.102. The Balaban J connectivity index is 1.24. The van der Waals surface area contributed by atoms with Crippen molar-refractivity contribution in [3.05, 3.63) is 70.9 Å². The fourth-order valence-corrected chi connectivity index (χ4v) is 5.07. The monoisotopic (exact) mass is 526 g/mol. The number of aromatic amines is 1. The van der Waals surface area contributed by atoms with Crippen LogP contribution in [0, 0.1) is 13.8 Å². The smallest absolute Gasteiger partial charge is 0.255 e. The molecule has 0 atom stereocenters. The Kier molecular flexibility index (Phi) is 8.24. The number of rotatable bonds is 9. The Morgan fingerprint density at radius 3 is 2.67 bits per heavy atom. The number of benzene rings is 2. The fraction of sp³-hybridized carbons (Fsp3) is 0.387. The van der Waals surface area contributed by atoms with Crippen molar-refractivity contribution < 1.29 is 9.53 Å². The van der Waals surface area contributed by atoms with E-state index in [1.807, 2.05) is 56.3 Å². The maximum absolute atomic E-state index is 13.2. The van der Waals surface area contributed by atoms with Crippen LogP contribution in [0.4, 0.5) is 5.69 Å². The first kappa shape index (κ1) is 26.8. The molecule has 4 aromatic rings. The van der Waals surface area contributed by atoms with Gasteiger partial charge in [0.1, 0.15) is 5.75 Å². The number of H-pyrrole nitrogens is 1. The van der Waals surface area contributed by atoms with E-state index < -0.39 is 0 Å². The van der Waals surface area contributed by atoms with Crippen LogP contribution in [-0.4, -0.2) is 77.3 Å². The summed E-state index contributed by atoms with van der Waals surface area (Å²) in [5, 5.41) is 11.5. The molecule has 0 bridgehead atoms. The first-order chi connectivity index (χ1) is 18.9. The van der Waals surface area contributed by atoms with Crippen molar-refractivity contribution >= 4 is 22.6 Å². The van der Waals surface area contributed by atoms with Crippen molar-refractivity contribution in [2.75, 3.05) is 51.7 Å². The van der Waals surface area contributed by atoms with Crippen LogP contribution >= 0.6 is 0 Å². The molecule has 1 saturated heterocycles. The normalized spacial score (nSPS) is 14.6. The van der Waals surface area contributed by atoms with Crippen LogP contribution in [0.15, 0.2) is 48.5 Å². The van der Waals surface area contributed by atoms with E-state index in [1.165, 1.54) is 0 Å². The van der Waals surface area contributed by atoms with Crippen LogP contribution in [0.25, 0.3) is 22.3 Å². The summed E-state index contributed by atoms with van der Waals surface area (Å²) in [6, 6.07) is 15.7. The van der Waals surface area contributed by atoms with Crippen molar-refractivity contribution in [3.63, 3.8) is 0 Å². The molecule has 1 aliphatic heterocycles. The summed E-state index contributed by atoms with van der Waals surface area (Å²) in [5.74, 6) is 0.562. The summed E-state index contributed by atoms with van der Waals surface area (Å²) < 4.78 is 6.04. The molecule has 3 heterocycles. The fourth-order valence-electron chi connectivity index (χ4n) is 5.07. The van der Waals surface area contributed by atoms with E-state index in [2.05, 4.69) is 45.4 Å². The van der Waals surface area contributed by atoms with Crippen LogP contribution in [0.3, 0.4) is 0 Å². The number of pyridine rings is 1. The number of aromatic nitrogens is 3. The standard InChI is InChI=1S/C31H38N6O2/c1-5-28-26-9-10-29(33-30(26)35-34-28)27-20-24(8-7-22(27)3)32-31(38)23-17-21(2)18-25(19-23)39-16-6-11-37-14-12-36(4)13-15-37/h7-10,17-20H,5-6,11-16H2,1-4H3,(H,32,38)(H,33,34,35). The molecule has 0 radical (unpaired) electrons. The van der Waals surface area contributed by atoms with Gasteiger partial charge in [0.25, 0.3) is 5.91 Å². The second-order valence-corrected chi connectivity index (χ2v) is 10.5. The molecule has 1 amide bonds. The molecule has 8 nitrogen and oxygen atoms in total. The predicted octanol–water partition coefficient (Wildman–Crippen LogP) is 5.07. The van der Waals surface area contributed by atoms with Crippen molar-refractivity contribution in [3.8, 4) is 17.0 Å². The second kappa shape index (κ2) is 12.0. The predicted molar refractivity (Wildman–Crippen MR) is 157 cm³/mol. The van der Waals surface area contributed by atoms with E-state index in [1.54, 1.807) is 0 Å². The lowest BCUT2D eigenvalue weighted by Gasteiger charge is -2.32. The minimum atomic E-state index is -0.166. The number of carbonyl (C=O) groups is 1. The van der Waals surface area contributed by atoms with Crippen molar-refractivity contribution in [1.82, 2.24) is 25.0 Å². The number of anilines is 1. The minimum Gasteiger partial charge on any atom is -0.494 e. The molecule has 2 aromatic heterocycles. The highest BCUT2D eigenvalue weighted by Crippen LogP contribution is 2.28. The quantitative estimate of drug-likeness (QED) is 0.296. The SMILES string of the molecule is CCc1n[nH]c2nc(-c3cc(NC(=O)c4cc(C)cc(OCCCN5CCN(C)CC5)c4)ccc3C)ccc12. The summed E-state index contributed by atoms with van der Waals surface area (Å²) >= 11 is 0. The van der Waals surface area contributed by atoms with Gasteiger partial charge in [0.2, 0.25) is 0 Å². The van der Waals surface area contributed by atoms with Crippen LogP contribution in [0.2, 0.25) is 0 Å². The second-order valence-electron chi connectivity index (χ2n) is 10.5. The number of nitrogens with zero attached hydrogens (tertiary/aromatic N) is 4. The van der Waals surface area contributed by atoms with Crippen LogP contribution in [-0.2, 0) is 6.42 Å². The third-order valence-corrected chi connectivity index (χ3v) is 7.41. The number of nitrogens with one attached hydrogen (secondary N) is 2. The van der Waals surface area contributed by atoms with E-state index in [0.717, 1.165) is 96.1 Å². The highest BCUT2D eigenvalue weighted by Gasteiger charge is 2.15. The highest BCUT2D eigenvalue weighted by atomic mass is 16.5. The van der Waals surface area contributed by atoms with Gasteiger partial charge in [-0.05, 0) is 87.3 Å². The molecule has 8 heteroatoms. The average molecular weight is 527 g/mol. The number of ether oxygens (including phenoxy) is 1. The van der Waals surface area contributed by atoms with Crippen molar-refractivity contribution in [2.45, 2.75) is 33.6 Å². The van der Waals surface area contributed by atoms with Crippen LogP contribution < -0.4 is 10.1 Å². The van der Waals surface area contributed by atoms with Gasteiger partial charge in [-0.2, -0.15) is 5.10 Å². The molecule has 0 saturated carbocycles. The Morgan fingerprint density at radius 1 is 1.05 bits per heavy atom. The third-order valence-electron chi connectivity index (χ3n) is 7.41. The number of fused-ring (bicyclic) bond motifs is 1. The van der Waals surface area contributed by atoms with Gasteiger partial charge < -0.3 is 19.9 Å². The minimum absolute atomic E-state index is 0.166. The van der Waals surface area contributed by atoms with Gasteiger partial charge in [-0.15, -0.1) is 0 Å².